The summed E-state index contributed by atoms with van der Waals surface area (Å²) in [7, 11) is 2.87. The van der Waals surface area contributed by atoms with Crippen LogP contribution < -0.4 is 4.74 Å². The van der Waals surface area contributed by atoms with Gasteiger partial charge in [0.2, 0.25) is 0 Å². The molecule has 0 saturated heterocycles. The van der Waals surface area contributed by atoms with E-state index in [0.717, 1.165) is 5.56 Å². The Kier molecular flexibility index (Phi) is 3.77. The summed E-state index contributed by atoms with van der Waals surface area (Å²) in [6, 6.07) is 5.07. The van der Waals surface area contributed by atoms with Crippen molar-refractivity contribution in [1.29, 1.82) is 0 Å². The molecule has 0 heterocycles. The maximum absolute atomic E-state index is 11.2. The molecule has 1 aromatic carbocycles. The number of carbonyl (C=O) groups is 1. The molecular formula is C10H11ClO3. The zero-order valence-corrected chi connectivity index (χ0v) is 8.80. The van der Waals surface area contributed by atoms with E-state index >= 15 is 0 Å². The van der Waals surface area contributed by atoms with Gasteiger partial charge < -0.3 is 9.47 Å². The Morgan fingerprint density at radius 1 is 1.36 bits per heavy atom. The summed E-state index contributed by atoms with van der Waals surface area (Å²) < 4.78 is 9.62. The smallest absolute Gasteiger partial charge is 0.337 e. The average Bonchev–Trinajstić information content (AvgIpc) is 2.27. The molecule has 0 aliphatic rings. The zero-order chi connectivity index (χ0) is 10.6. The van der Waals surface area contributed by atoms with E-state index in [1.807, 2.05) is 0 Å². The quantitative estimate of drug-likeness (QED) is 0.572. The number of esters is 1. The lowest BCUT2D eigenvalue weighted by molar-refractivity contribution is 0.0600. The van der Waals surface area contributed by atoms with Crippen LogP contribution in [0.4, 0.5) is 0 Å². The Balaban J connectivity index is 3.10. The molecule has 0 aliphatic carbocycles. The molecule has 0 atom stereocenters. The Bertz CT molecular complexity index is 314. The first-order valence-corrected chi connectivity index (χ1v) is 4.57. The minimum atomic E-state index is -0.393. The standard InChI is InChI=1S/C10H11ClO3/c1-13-9-4-7(6-11)3-8(5-9)10(12)14-2/h3-5H,6H2,1-2H3. The summed E-state index contributed by atoms with van der Waals surface area (Å²) in [5.74, 6) is 0.542. The Hall–Kier alpha value is -1.22. The fourth-order valence-electron chi connectivity index (χ4n) is 1.09. The van der Waals surface area contributed by atoms with Gasteiger partial charge in [0.05, 0.1) is 19.8 Å². The van der Waals surface area contributed by atoms with Gasteiger partial charge in [0.25, 0.3) is 0 Å². The van der Waals surface area contributed by atoms with Gasteiger partial charge in [-0.1, -0.05) is 0 Å². The summed E-state index contributed by atoms with van der Waals surface area (Å²) in [4.78, 5) is 11.2. The van der Waals surface area contributed by atoms with E-state index in [-0.39, 0.29) is 0 Å². The van der Waals surface area contributed by atoms with E-state index in [0.29, 0.717) is 17.2 Å². The lowest BCUT2D eigenvalue weighted by Gasteiger charge is -2.05. The van der Waals surface area contributed by atoms with Crippen LogP contribution >= 0.6 is 11.6 Å². The van der Waals surface area contributed by atoms with Crippen molar-refractivity contribution >= 4 is 17.6 Å². The predicted octanol–water partition coefficient (Wildman–Crippen LogP) is 2.22. The molecule has 1 aromatic rings. The number of methoxy groups -OCH3 is 2. The number of carbonyl (C=O) groups excluding carboxylic acids is 1. The third-order valence-corrected chi connectivity index (χ3v) is 2.09. The van der Waals surface area contributed by atoms with Gasteiger partial charge in [-0.2, -0.15) is 0 Å². The second-order valence-corrected chi connectivity index (χ2v) is 2.96. The van der Waals surface area contributed by atoms with E-state index in [1.54, 1.807) is 18.2 Å². The van der Waals surface area contributed by atoms with Crippen LogP contribution in [0, 0.1) is 0 Å². The van der Waals surface area contributed by atoms with Crippen molar-refractivity contribution < 1.29 is 14.3 Å². The van der Waals surface area contributed by atoms with Crippen LogP contribution in [0.1, 0.15) is 15.9 Å². The third kappa shape index (κ3) is 2.39. The normalized spacial score (nSPS) is 9.64. The summed E-state index contributed by atoms with van der Waals surface area (Å²) in [6.07, 6.45) is 0. The fraction of sp³-hybridized carbons (Fsp3) is 0.300. The van der Waals surface area contributed by atoms with Crippen molar-refractivity contribution in [1.82, 2.24) is 0 Å². The van der Waals surface area contributed by atoms with Gasteiger partial charge in [0.15, 0.2) is 0 Å². The van der Waals surface area contributed by atoms with Crippen molar-refractivity contribution in [3.8, 4) is 5.75 Å². The maximum Gasteiger partial charge on any atom is 0.337 e. The molecule has 0 radical (unpaired) electrons. The highest BCUT2D eigenvalue weighted by molar-refractivity contribution is 6.17. The monoisotopic (exact) mass is 214 g/mol. The summed E-state index contributed by atoms with van der Waals surface area (Å²) in [6.45, 7) is 0. The van der Waals surface area contributed by atoms with E-state index < -0.39 is 5.97 Å². The lowest BCUT2D eigenvalue weighted by atomic mass is 10.1. The first kappa shape index (κ1) is 10.9. The highest BCUT2D eigenvalue weighted by Gasteiger charge is 2.08. The lowest BCUT2D eigenvalue weighted by Crippen LogP contribution is -2.02. The molecule has 0 aromatic heterocycles. The second-order valence-electron chi connectivity index (χ2n) is 2.69. The zero-order valence-electron chi connectivity index (χ0n) is 8.04. The van der Waals surface area contributed by atoms with Crippen LogP contribution in [0.25, 0.3) is 0 Å². The first-order chi connectivity index (χ1) is 6.71. The molecule has 0 fully saturated rings. The van der Waals surface area contributed by atoms with E-state index in [9.17, 15) is 4.79 Å². The van der Waals surface area contributed by atoms with Gasteiger partial charge in [-0.3, -0.25) is 0 Å². The number of rotatable bonds is 3. The van der Waals surface area contributed by atoms with Crippen molar-refractivity contribution in [3.05, 3.63) is 29.3 Å². The van der Waals surface area contributed by atoms with Crippen LogP contribution in [-0.2, 0) is 10.6 Å². The van der Waals surface area contributed by atoms with Crippen molar-refractivity contribution in [2.45, 2.75) is 5.88 Å². The van der Waals surface area contributed by atoms with Crippen LogP contribution in [0.3, 0.4) is 0 Å². The molecule has 3 nitrogen and oxygen atoms in total. The van der Waals surface area contributed by atoms with Crippen LogP contribution in [0.15, 0.2) is 18.2 Å². The van der Waals surface area contributed by atoms with Crippen molar-refractivity contribution in [2.75, 3.05) is 14.2 Å². The summed E-state index contributed by atoms with van der Waals surface area (Å²) >= 11 is 5.67. The van der Waals surface area contributed by atoms with Gasteiger partial charge >= 0.3 is 5.97 Å². The Morgan fingerprint density at radius 2 is 2.07 bits per heavy atom. The van der Waals surface area contributed by atoms with Crippen LogP contribution in [-0.4, -0.2) is 20.2 Å². The summed E-state index contributed by atoms with van der Waals surface area (Å²) in [5.41, 5.74) is 1.27. The number of ether oxygens (including phenoxy) is 2. The molecule has 0 unspecified atom stereocenters. The van der Waals surface area contributed by atoms with Gasteiger partial charge in [-0.05, 0) is 23.8 Å². The molecule has 76 valence electrons. The Morgan fingerprint density at radius 3 is 2.57 bits per heavy atom. The number of hydrogen-bond donors (Lipinski definition) is 0. The largest absolute Gasteiger partial charge is 0.497 e. The molecule has 0 spiro atoms. The summed E-state index contributed by atoms with van der Waals surface area (Å²) in [5, 5.41) is 0. The number of alkyl halides is 1. The third-order valence-electron chi connectivity index (χ3n) is 1.78. The molecule has 14 heavy (non-hydrogen) atoms. The highest BCUT2D eigenvalue weighted by Crippen LogP contribution is 2.18. The average molecular weight is 215 g/mol. The van der Waals surface area contributed by atoms with Gasteiger partial charge in [0.1, 0.15) is 5.75 Å². The number of benzene rings is 1. The van der Waals surface area contributed by atoms with E-state index in [1.165, 1.54) is 14.2 Å². The molecule has 1 rings (SSSR count). The van der Waals surface area contributed by atoms with Crippen molar-refractivity contribution in [2.24, 2.45) is 0 Å². The number of halogens is 1. The molecule has 4 heteroatoms. The van der Waals surface area contributed by atoms with Crippen LogP contribution in [0.5, 0.6) is 5.75 Å². The van der Waals surface area contributed by atoms with Crippen molar-refractivity contribution in [3.63, 3.8) is 0 Å². The fourth-order valence-corrected chi connectivity index (χ4v) is 1.25. The van der Waals surface area contributed by atoms with Crippen LogP contribution in [0.2, 0.25) is 0 Å². The topological polar surface area (TPSA) is 35.5 Å². The van der Waals surface area contributed by atoms with Gasteiger partial charge in [-0.25, -0.2) is 4.79 Å². The highest BCUT2D eigenvalue weighted by atomic mass is 35.5. The molecule has 0 saturated carbocycles. The Labute approximate surface area is 87.6 Å². The van der Waals surface area contributed by atoms with Gasteiger partial charge in [-0.15, -0.1) is 11.6 Å². The molecule has 0 aliphatic heterocycles. The molecule has 0 bridgehead atoms. The second kappa shape index (κ2) is 4.86. The van der Waals surface area contributed by atoms with Gasteiger partial charge in [0, 0.05) is 5.88 Å². The first-order valence-electron chi connectivity index (χ1n) is 4.03. The van der Waals surface area contributed by atoms with E-state index in [2.05, 4.69) is 4.74 Å². The molecule has 0 N–H and O–H groups in total. The molecular weight excluding hydrogens is 204 g/mol. The molecule has 0 amide bonds. The minimum Gasteiger partial charge on any atom is -0.497 e. The predicted molar refractivity (Wildman–Crippen MR) is 53.9 cm³/mol. The number of hydrogen-bond acceptors (Lipinski definition) is 3. The SMILES string of the molecule is COC(=O)c1cc(CCl)cc(OC)c1. The minimum absolute atomic E-state index is 0.335. The maximum atomic E-state index is 11.2. The van der Waals surface area contributed by atoms with E-state index in [4.69, 9.17) is 16.3 Å².